The number of carbonyl (C=O) groups excluding carboxylic acids is 5. The summed E-state index contributed by atoms with van der Waals surface area (Å²) in [6.07, 6.45) is 2.74. The van der Waals surface area contributed by atoms with Crippen LogP contribution in [0.1, 0.15) is 113 Å². The van der Waals surface area contributed by atoms with Gasteiger partial charge in [0.25, 0.3) is 0 Å². The minimum absolute atomic E-state index is 0.113. The monoisotopic (exact) mass is 762 g/mol. The zero-order valence-corrected chi connectivity index (χ0v) is 34.6. The molecule has 2 fully saturated rings. The van der Waals surface area contributed by atoms with Gasteiger partial charge < -0.3 is 44.5 Å². The molecule has 1 aromatic rings. The van der Waals surface area contributed by atoms with Crippen molar-refractivity contribution < 1.29 is 47.7 Å². The molecule has 0 saturated carbocycles. The van der Waals surface area contributed by atoms with Gasteiger partial charge in [-0.15, -0.1) is 0 Å². The fourth-order valence-corrected chi connectivity index (χ4v) is 6.82. The summed E-state index contributed by atoms with van der Waals surface area (Å²) in [6.45, 7) is 20.5. The van der Waals surface area contributed by atoms with Crippen molar-refractivity contribution in [3.63, 3.8) is 0 Å². The fraction of sp³-hybridized carbons (Fsp3) is 0.725. The SMILES string of the molecule is COC(=O)C(CC[C@@H]1CN(C(=O)OC(C)(C)C)C(C)(C)C1)NC(=O)OCc1ccccc1.COC(=O)C(N)CC[C@@H]1CN(C(=O)OC(C)(C)C)C(C)(C)C1. The van der Waals surface area contributed by atoms with Gasteiger partial charge in [-0.2, -0.15) is 0 Å². The predicted octanol–water partition coefficient (Wildman–Crippen LogP) is 6.57. The van der Waals surface area contributed by atoms with E-state index in [1.807, 2.05) is 99.6 Å². The Morgan fingerprint density at radius 3 is 1.63 bits per heavy atom. The van der Waals surface area contributed by atoms with Crippen LogP contribution in [0, 0.1) is 11.8 Å². The van der Waals surface area contributed by atoms with Crippen LogP contribution in [-0.2, 0) is 39.9 Å². The molecular formula is C40H66N4O10. The average molecular weight is 763 g/mol. The van der Waals surface area contributed by atoms with E-state index in [9.17, 15) is 24.0 Å². The van der Waals surface area contributed by atoms with E-state index in [4.69, 9.17) is 24.7 Å². The number of hydrogen-bond donors (Lipinski definition) is 2. The van der Waals surface area contributed by atoms with Crippen molar-refractivity contribution >= 4 is 30.2 Å². The number of benzene rings is 1. The summed E-state index contributed by atoms with van der Waals surface area (Å²) in [5.74, 6) is -0.422. The second kappa shape index (κ2) is 19.5. The van der Waals surface area contributed by atoms with E-state index in [2.05, 4.69) is 10.1 Å². The summed E-state index contributed by atoms with van der Waals surface area (Å²) in [5, 5.41) is 2.61. The summed E-state index contributed by atoms with van der Waals surface area (Å²) in [7, 11) is 2.63. The Morgan fingerprint density at radius 2 is 1.20 bits per heavy atom. The first-order valence-corrected chi connectivity index (χ1v) is 18.8. The molecule has 3 rings (SSSR count). The molecule has 0 bridgehead atoms. The Bertz CT molecular complexity index is 1400. The number of nitrogens with zero attached hydrogens (tertiary/aromatic N) is 2. The number of hydrogen-bond acceptors (Lipinski definition) is 11. The molecule has 2 aliphatic heterocycles. The quantitative estimate of drug-likeness (QED) is 0.184. The standard InChI is InChI=1S/C24H36N2O6.C16H30N2O4/c1-23(2,3)32-22(29)26-15-18(14-24(26,4)5)12-13-19(20(27)30-6)25-21(28)31-16-17-10-8-7-9-11-17;1-15(2,3)22-14(20)18-10-11(9-16(18,4)5)7-8-12(17)13(19)21-6/h7-11,18-19H,12-16H2,1-6H3,(H,25,28);11-12H,7-10,17H2,1-6H3/t18-,19?;11-,12?/m00/s1. The smallest absolute Gasteiger partial charge is 0.410 e. The molecular weight excluding hydrogens is 696 g/mol. The van der Waals surface area contributed by atoms with Gasteiger partial charge in [0.05, 0.1) is 14.2 Å². The average Bonchev–Trinajstić information content (AvgIpc) is 3.56. The van der Waals surface area contributed by atoms with Crippen LogP contribution in [0.25, 0.3) is 0 Å². The first-order valence-electron chi connectivity index (χ1n) is 18.8. The highest BCUT2D eigenvalue weighted by Crippen LogP contribution is 2.37. The molecule has 3 N–H and O–H groups in total. The van der Waals surface area contributed by atoms with Gasteiger partial charge >= 0.3 is 30.2 Å². The topological polar surface area (TPSA) is 176 Å². The molecule has 2 unspecified atom stereocenters. The summed E-state index contributed by atoms with van der Waals surface area (Å²) in [4.78, 5) is 64.2. The third-order valence-electron chi connectivity index (χ3n) is 9.39. The minimum atomic E-state index is -0.818. The summed E-state index contributed by atoms with van der Waals surface area (Å²) in [6, 6.07) is 7.89. The van der Waals surface area contributed by atoms with Gasteiger partial charge in [0.1, 0.15) is 29.9 Å². The lowest BCUT2D eigenvalue weighted by Gasteiger charge is -2.33. The van der Waals surface area contributed by atoms with Crippen LogP contribution in [0.4, 0.5) is 14.4 Å². The second-order valence-corrected chi connectivity index (χ2v) is 17.5. The van der Waals surface area contributed by atoms with Crippen molar-refractivity contribution in [2.45, 2.75) is 149 Å². The highest BCUT2D eigenvalue weighted by molar-refractivity contribution is 5.81. The molecule has 3 amide bonds. The number of alkyl carbamates (subject to hydrolysis) is 1. The van der Waals surface area contributed by atoms with E-state index in [1.165, 1.54) is 14.2 Å². The summed E-state index contributed by atoms with van der Waals surface area (Å²) >= 11 is 0. The maximum absolute atomic E-state index is 12.6. The number of methoxy groups -OCH3 is 2. The molecule has 2 saturated heterocycles. The lowest BCUT2D eigenvalue weighted by molar-refractivity contribution is -0.143. The fourth-order valence-electron chi connectivity index (χ4n) is 6.82. The van der Waals surface area contributed by atoms with E-state index in [0.717, 1.165) is 24.8 Å². The largest absolute Gasteiger partial charge is 0.468 e. The van der Waals surface area contributed by atoms with E-state index in [1.54, 1.807) is 9.80 Å². The molecule has 4 atom stereocenters. The van der Waals surface area contributed by atoms with E-state index in [0.29, 0.717) is 38.3 Å². The van der Waals surface area contributed by atoms with Gasteiger partial charge in [0, 0.05) is 24.2 Å². The van der Waals surface area contributed by atoms with Crippen molar-refractivity contribution in [3.05, 3.63) is 35.9 Å². The number of nitrogens with two attached hydrogens (primary N) is 1. The number of esters is 2. The van der Waals surface area contributed by atoms with Gasteiger partial charge in [-0.3, -0.25) is 4.79 Å². The highest BCUT2D eigenvalue weighted by atomic mass is 16.6. The van der Waals surface area contributed by atoms with Crippen LogP contribution >= 0.6 is 0 Å². The summed E-state index contributed by atoms with van der Waals surface area (Å²) in [5.41, 5.74) is 4.96. The highest BCUT2D eigenvalue weighted by Gasteiger charge is 2.44. The lowest BCUT2D eigenvalue weighted by atomic mass is 9.92. The molecule has 14 nitrogen and oxygen atoms in total. The first-order chi connectivity index (χ1) is 24.9. The normalized spacial score (nSPS) is 20.1. The van der Waals surface area contributed by atoms with Crippen molar-refractivity contribution in [1.29, 1.82) is 0 Å². The number of nitrogens with one attached hydrogen (secondary N) is 1. The van der Waals surface area contributed by atoms with Gasteiger partial charge in [-0.25, -0.2) is 19.2 Å². The van der Waals surface area contributed by atoms with Crippen LogP contribution in [0.5, 0.6) is 0 Å². The number of amides is 3. The maximum atomic E-state index is 12.6. The van der Waals surface area contributed by atoms with Gasteiger partial charge in [0.15, 0.2) is 0 Å². The molecule has 1 aromatic carbocycles. The molecule has 54 heavy (non-hydrogen) atoms. The third kappa shape index (κ3) is 15.3. The zero-order valence-electron chi connectivity index (χ0n) is 34.6. The molecule has 0 aliphatic carbocycles. The minimum Gasteiger partial charge on any atom is -0.468 e. The Hall–Kier alpha value is -4.07. The molecule has 2 heterocycles. The molecule has 0 spiro atoms. The van der Waals surface area contributed by atoms with Crippen LogP contribution in [0.3, 0.4) is 0 Å². The molecule has 306 valence electrons. The number of carbonyl (C=O) groups is 5. The maximum Gasteiger partial charge on any atom is 0.410 e. The van der Waals surface area contributed by atoms with Crippen molar-refractivity contribution in [1.82, 2.24) is 15.1 Å². The first kappa shape index (κ1) is 46.1. The second-order valence-electron chi connectivity index (χ2n) is 17.5. The van der Waals surface area contributed by atoms with E-state index >= 15 is 0 Å². The Morgan fingerprint density at radius 1 is 0.759 bits per heavy atom. The van der Waals surface area contributed by atoms with Crippen molar-refractivity contribution in [3.8, 4) is 0 Å². The van der Waals surface area contributed by atoms with Crippen LogP contribution < -0.4 is 11.1 Å². The Kier molecular flexibility index (Phi) is 16.6. The molecule has 14 heteroatoms. The zero-order chi connectivity index (χ0) is 41.1. The Balaban J connectivity index is 0.000000401. The molecule has 0 aromatic heterocycles. The molecule has 0 radical (unpaired) electrons. The summed E-state index contributed by atoms with van der Waals surface area (Å²) < 4.78 is 25.7. The predicted molar refractivity (Wildman–Crippen MR) is 204 cm³/mol. The number of ether oxygens (including phenoxy) is 5. The molecule has 2 aliphatic rings. The van der Waals surface area contributed by atoms with Crippen LogP contribution in [0.15, 0.2) is 30.3 Å². The third-order valence-corrected chi connectivity index (χ3v) is 9.39. The van der Waals surface area contributed by atoms with Crippen LogP contribution in [-0.4, -0.2) is 102 Å². The number of rotatable bonds is 11. The van der Waals surface area contributed by atoms with E-state index < -0.39 is 35.3 Å². The van der Waals surface area contributed by atoms with Gasteiger partial charge in [-0.1, -0.05) is 30.3 Å². The van der Waals surface area contributed by atoms with Gasteiger partial charge in [0.2, 0.25) is 0 Å². The van der Waals surface area contributed by atoms with Crippen molar-refractivity contribution in [2.75, 3.05) is 27.3 Å². The van der Waals surface area contributed by atoms with Crippen molar-refractivity contribution in [2.24, 2.45) is 17.6 Å². The van der Waals surface area contributed by atoms with Gasteiger partial charge in [-0.05, 0) is 125 Å². The Labute approximate surface area is 322 Å². The lowest BCUT2D eigenvalue weighted by Crippen LogP contribution is -2.45. The number of likely N-dealkylation sites (tertiary alicyclic amines) is 2. The van der Waals surface area contributed by atoms with Crippen LogP contribution in [0.2, 0.25) is 0 Å². The van der Waals surface area contributed by atoms with E-state index in [-0.39, 0.29) is 41.8 Å².